The van der Waals surface area contributed by atoms with Gasteiger partial charge in [-0.2, -0.15) is 0 Å². The lowest BCUT2D eigenvalue weighted by Gasteiger charge is -2.49. The van der Waals surface area contributed by atoms with Crippen LogP contribution in [0.15, 0.2) is 47.5 Å². The molecule has 5 N–H and O–H groups in total. The minimum absolute atomic E-state index is 0.0168. The number of carboxylic acid groups (broad SMARTS) is 1. The van der Waals surface area contributed by atoms with E-state index in [-0.39, 0.29) is 50.5 Å². The van der Waals surface area contributed by atoms with E-state index in [1.165, 1.54) is 24.3 Å². The molecule has 1 saturated heterocycles. The van der Waals surface area contributed by atoms with Crippen LogP contribution < -0.4 is 22.2 Å². The summed E-state index contributed by atoms with van der Waals surface area (Å²) in [5, 5.41) is 24.0. The van der Waals surface area contributed by atoms with Crippen LogP contribution in [0.1, 0.15) is 5.69 Å². The zero-order chi connectivity index (χ0) is 28.4. The molecule has 0 aromatic carbocycles. The van der Waals surface area contributed by atoms with Crippen molar-refractivity contribution >= 4 is 75.1 Å². The first-order valence-electron chi connectivity index (χ1n) is 10.7. The van der Waals surface area contributed by atoms with Gasteiger partial charge in [0.05, 0.1) is 12.6 Å². The first-order valence-corrected chi connectivity index (χ1v) is 14.0. The highest BCUT2D eigenvalue weighted by Crippen LogP contribution is 2.41. The number of nitrogens with zero attached hydrogens (tertiary/aromatic N) is 5. The molecule has 0 radical (unpaired) electrons. The molecule has 1 fully saturated rings. The maximum atomic E-state index is 13.0. The quantitative estimate of drug-likeness (QED) is 0.0884. The third-order valence-electron chi connectivity index (χ3n) is 5.39. The van der Waals surface area contributed by atoms with Gasteiger partial charge in [-0.05, 0) is 0 Å². The van der Waals surface area contributed by atoms with Gasteiger partial charge in [-0.25, -0.2) is 14.9 Å². The Balaban J connectivity index is 1.53. The van der Waals surface area contributed by atoms with Gasteiger partial charge in [0, 0.05) is 26.8 Å². The molecule has 4 rings (SSSR count). The predicted molar refractivity (Wildman–Crippen MR) is 145 cm³/mol. The summed E-state index contributed by atoms with van der Waals surface area (Å²) < 4.78 is 1.02. The summed E-state index contributed by atoms with van der Waals surface area (Å²) in [6, 6.07) is -1.65. The van der Waals surface area contributed by atoms with Crippen LogP contribution in [-0.4, -0.2) is 83.9 Å². The maximum Gasteiger partial charge on any atom is 0.353 e. The van der Waals surface area contributed by atoms with E-state index in [1.54, 1.807) is 0 Å². The minimum atomic E-state index is -1.35. The monoisotopic (exact) mass is 614 g/mol. The number of thioether (sulfide) groups is 2. The number of rotatable bonds is 10. The Labute approximate surface area is 236 Å². The predicted octanol–water partition coefficient (Wildman–Crippen LogP) is -0.396. The molecular weight excluding hydrogens is 596 g/mol. The van der Waals surface area contributed by atoms with E-state index in [2.05, 4.69) is 32.2 Å². The lowest BCUT2D eigenvalue weighted by atomic mass is 9.94. The molecule has 2 unspecified atom stereocenters. The minimum Gasteiger partial charge on any atom is -0.477 e. The molecule has 2 aromatic rings. The van der Waals surface area contributed by atoms with Crippen LogP contribution >= 0.6 is 46.5 Å². The number of aromatic amines is 1. The van der Waals surface area contributed by atoms with Crippen molar-refractivity contribution in [3.8, 4) is 0 Å². The van der Waals surface area contributed by atoms with E-state index in [1.807, 2.05) is 0 Å². The summed E-state index contributed by atoms with van der Waals surface area (Å²) in [7, 11) is 1.24. The number of carbonyl (C=O) groups excluding carboxylic acids is 2. The fourth-order valence-corrected chi connectivity index (χ4v) is 6.76. The first-order chi connectivity index (χ1) is 18.5. The maximum absolute atomic E-state index is 13.0. The Hall–Kier alpha value is -3.61. The summed E-state index contributed by atoms with van der Waals surface area (Å²) >= 11 is 9.06. The van der Waals surface area contributed by atoms with E-state index in [9.17, 15) is 29.1 Å². The highest BCUT2D eigenvalue weighted by atomic mass is 35.5. The number of thiazole rings is 1. The molecule has 206 valence electrons. The number of carbonyl (C=O) groups is 3. The number of H-pyrrole nitrogens is 1. The number of nitrogens with one attached hydrogen (secondary N) is 2. The largest absolute Gasteiger partial charge is 0.477 e. The number of amides is 2. The van der Waals surface area contributed by atoms with Crippen LogP contribution in [0, 0.1) is 0 Å². The summed E-state index contributed by atoms with van der Waals surface area (Å²) in [4.78, 5) is 72.2. The van der Waals surface area contributed by atoms with Crippen molar-refractivity contribution in [2.75, 3.05) is 24.3 Å². The van der Waals surface area contributed by atoms with E-state index >= 15 is 0 Å². The molecule has 4 heterocycles. The smallest absolute Gasteiger partial charge is 0.353 e. The van der Waals surface area contributed by atoms with Gasteiger partial charge < -0.3 is 21.0 Å². The number of anilines is 1. The van der Waals surface area contributed by atoms with E-state index in [0.717, 1.165) is 32.6 Å². The molecule has 0 bridgehead atoms. The van der Waals surface area contributed by atoms with Crippen LogP contribution in [0.3, 0.4) is 0 Å². The molecule has 19 heteroatoms. The molecule has 0 aliphatic carbocycles. The van der Waals surface area contributed by atoms with Gasteiger partial charge in [0.1, 0.15) is 24.5 Å². The van der Waals surface area contributed by atoms with E-state index < -0.39 is 41.0 Å². The summed E-state index contributed by atoms with van der Waals surface area (Å²) in [5.74, 6) is -2.42. The van der Waals surface area contributed by atoms with Gasteiger partial charge in [0.15, 0.2) is 16.0 Å². The number of nitrogens with two attached hydrogens (primary N) is 1. The van der Waals surface area contributed by atoms with Crippen LogP contribution in [0.4, 0.5) is 5.13 Å². The zero-order valence-electron chi connectivity index (χ0n) is 19.9. The van der Waals surface area contributed by atoms with Crippen LogP contribution in [0.25, 0.3) is 0 Å². The lowest BCUT2D eigenvalue weighted by molar-refractivity contribution is -0.153. The Morgan fingerprint density at radius 2 is 2.18 bits per heavy atom. The van der Waals surface area contributed by atoms with Crippen molar-refractivity contribution in [3.05, 3.63) is 54.0 Å². The molecule has 0 saturated carbocycles. The lowest BCUT2D eigenvalue weighted by Crippen LogP contribution is -2.73. The molecule has 39 heavy (non-hydrogen) atoms. The molecule has 2 aliphatic heterocycles. The second-order valence-corrected chi connectivity index (χ2v) is 11.3. The van der Waals surface area contributed by atoms with Gasteiger partial charge in [-0.15, -0.1) is 28.2 Å². The van der Waals surface area contributed by atoms with E-state index in [4.69, 9.17) is 22.2 Å². The summed E-state index contributed by atoms with van der Waals surface area (Å²) in [5.41, 5.74) is 3.50. The second kappa shape index (κ2) is 11.6. The third kappa shape index (κ3) is 5.72. The van der Waals surface area contributed by atoms with Crippen molar-refractivity contribution < 1.29 is 24.3 Å². The van der Waals surface area contributed by atoms with Crippen molar-refractivity contribution in [2.24, 2.45) is 5.16 Å². The van der Waals surface area contributed by atoms with Gasteiger partial charge in [0.25, 0.3) is 11.8 Å². The number of hydrogen-bond donors (Lipinski definition) is 4. The topological polar surface area (TPSA) is 215 Å². The Morgan fingerprint density at radius 3 is 2.79 bits per heavy atom. The standard InChI is InChI=1S/C20H19ClN8O7S3/c1-7(21)3-28-17(33)15(31)25-26-20(28)39-6-10-13(18(34)35)29-9(5-37-10)12(16(29)32)24-14(30)11(27-36-2)8-4-38-19(22)23-8/h4,9,12H,1,3,5-6H2,2H3,(H2,22,23)(H,24,30)(H,25,31)(H,34,35). The third-order valence-corrected chi connectivity index (χ3v) is 8.56. The van der Waals surface area contributed by atoms with Crippen molar-refractivity contribution in [1.29, 1.82) is 0 Å². The van der Waals surface area contributed by atoms with Crippen LogP contribution in [0.2, 0.25) is 0 Å². The number of β-lactam (4-membered cyclic amide) rings is 1. The normalized spacial score (nSPS) is 18.9. The summed E-state index contributed by atoms with van der Waals surface area (Å²) in [6.07, 6.45) is 0. The highest BCUT2D eigenvalue weighted by molar-refractivity contribution is 8.06. The fraction of sp³-hybridized carbons (Fsp3) is 0.300. The van der Waals surface area contributed by atoms with Gasteiger partial charge >= 0.3 is 17.1 Å². The Kier molecular flexibility index (Phi) is 8.48. The average molecular weight is 615 g/mol. The SMILES string of the molecule is C=C(Cl)Cn1c(SCC2=C(C(=O)O)N3C(=O)C(NC(=O)C(=NOC)c4csc(N)n4)C3CS2)n[nH]c(=O)c1=O. The van der Waals surface area contributed by atoms with Crippen molar-refractivity contribution in [1.82, 2.24) is 30.0 Å². The number of nitrogen functional groups attached to an aromatic ring is 1. The number of oxime groups is 1. The molecule has 15 nitrogen and oxygen atoms in total. The van der Waals surface area contributed by atoms with Crippen LogP contribution in [0.5, 0.6) is 0 Å². The molecule has 2 aliphatic rings. The molecule has 2 amide bonds. The second-order valence-electron chi connectivity index (χ2n) is 7.84. The zero-order valence-corrected chi connectivity index (χ0v) is 23.1. The average Bonchev–Trinajstić information content (AvgIpc) is 3.32. The number of aliphatic carboxylic acids is 1. The van der Waals surface area contributed by atoms with Crippen molar-refractivity contribution in [2.45, 2.75) is 23.8 Å². The highest BCUT2D eigenvalue weighted by Gasteiger charge is 2.54. The van der Waals surface area contributed by atoms with Gasteiger partial charge in [-0.3, -0.25) is 28.6 Å². The number of aromatic nitrogens is 4. The number of fused-ring (bicyclic) bond motifs is 1. The van der Waals surface area contributed by atoms with Crippen molar-refractivity contribution in [3.63, 3.8) is 0 Å². The first kappa shape index (κ1) is 28.4. The van der Waals surface area contributed by atoms with Crippen LogP contribution in [-0.2, 0) is 25.8 Å². The van der Waals surface area contributed by atoms with Gasteiger partial charge in [0.2, 0.25) is 0 Å². The Morgan fingerprint density at radius 1 is 1.44 bits per heavy atom. The number of carboxylic acids is 1. The molecular formula is C20H19ClN8O7S3. The fourth-order valence-electron chi connectivity index (χ4n) is 3.74. The molecule has 2 atom stereocenters. The number of hydrogen-bond acceptors (Lipinski definition) is 13. The number of allylic oxidation sites excluding steroid dienone is 1. The van der Waals surface area contributed by atoms with E-state index in [0.29, 0.717) is 4.91 Å². The Bertz CT molecular complexity index is 1550. The molecule has 0 spiro atoms. The van der Waals surface area contributed by atoms with Gasteiger partial charge in [-0.1, -0.05) is 35.1 Å². The molecule has 2 aromatic heterocycles. The number of halogens is 1. The summed E-state index contributed by atoms with van der Waals surface area (Å²) in [6.45, 7) is 3.34.